The molecule has 0 aliphatic heterocycles. The van der Waals surface area contributed by atoms with Gasteiger partial charge in [-0.25, -0.2) is 4.79 Å². The van der Waals surface area contributed by atoms with Crippen molar-refractivity contribution in [2.24, 2.45) is 0 Å². The Morgan fingerprint density at radius 1 is 0.773 bits per heavy atom. The van der Waals surface area contributed by atoms with Gasteiger partial charge in [0.15, 0.2) is 0 Å². The predicted octanol–water partition coefficient (Wildman–Crippen LogP) is 3.54. The van der Waals surface area contributed by atoms with Crippen LogP contribution in [0.3, 0.4) is 0 Å². The Labute approximate surface area is 132 Å². The van der Waals surface area contributed by atoms with Gasteiger partial charge in [0.2, 0.25) is 0 Å². The lowest BCUT2D eigenvalue weighted by atomic mass is 10.0. The Bertz CT molecular complexity index is 648. The molecule has 2 aromatic carbocycles. The third-order valence-electron chi connectivity index (χ3n) is 3.62. The van der Waals surface area contributed by atoms with Crippen LogP contribution in [0, 0.1) is 0 Å². The number of nitrogens with zero attached hydrogens (tertiary/aromatic N) is 3. The summed E-state index contributed by atoms with van der Waals surface area (Å²) in [4.78, 5) is 17.3. The zero-order valence-corrected chi connectivity index (χ0v) is 13.9. The van der Waals surface area contributed by atoms with Crippen LogP contribution in [0.2, 0.25) is 0 Å². The molecule has 0 heterocycles. The quantitative estimate of drug-likeness (QED) is 0.866. The molecule has 2 aromatic rings. The summed E-state index contributed by atoms with van der Waals surface area (Å²) in [7, 11) is 9.34. The molecule has 4 nitrogen and oxygen atoms in total. The van der Waals surface area contributed by atoms with Gasteiger partial charge in [-0.15, -0.1) is 0 Å². The first-order valence-corrected chi connectivity index (χ1v) is 7.23. The van der Waals surface area contributed by atoms with E-state index in [1.165, 1.54) is 5.69 Å². The van der Waals surface area contributed by atoms with Crippen LogP contribution in [0.5, 0.6) is 0 Å². The van der Waals surface area contributed by atoms with Crippen molar-refractivity contribution in [2.45, 2.75) is 0 Å². The van der Waals surface area contributed by atoms with E-state index in [2.05, 4.69) is 35.2 Å². The molecule has 0 N–H and O–H groups in total. The maximum Gasteiger partial charge on any atom is 0.323 e. The maximum atomic E-state index is 12.1. The first-order valence-electron chi connectivity index (χ1n) is 7.23. The van der Waals surface area contributed by atoms with Crippen LogP contribution < -0.4 is 9.80 Å². The normalized spacial score (nSPS) is 10.2. The summed E-state index contributed by atoms with van der Waals surface area (Å²) in [5.41, 5.74) is 4.28. The molecule has 0 aliphatic carbocycles. The Morgan fingerprint density at radius 3 is 1.95 bits per heavy atom. The first kappa shape index (κ1) is 15.9. The Morgan fingerprint density at radius 2 is 1.41 bits per heavy atom. The molecule has 0 unspecified atom stereocenters. The van der Waals surface area contributed by atoms with Gasteiger partial charge in [0.25, 0.3) is 0 Å². The number of carbonyl (C=O) groups excluding carboxylic acids is 1. The van der Waals surface area contributed by atoms with E-state index < -0.39 is 0 Å². The Hall–Kier alpha value is -2.49. The second kappa shape index (κ2) is 6.52. The van der Waals surface area contributed by atoms with E-state index in [1.54, 1.807) is 30.9 Å². The van der Waals surface area contributed by atoms with Crippen molar-refractivity contribution in [3.63, 3.8) is 0 Å². The maximum absolute atomic E-state index is 12.1. The number of hydrogen-bond acceptors (Lipinski definition) is 2. The first-order chi connectivity index (χ1) is 10.4. The molecule has 0 saturated carbocycles. The van der Waals surface area contributed by atoms with Gasteiger partial charge in [-0.2, -0.15) is 0 Å². The molecule has 0 atom stereocenters. The molecule has 116 valence electrons. The molecular weight excluding hydrogens is 274 g/mol. The summed E-state index contributed by atoms with van der Waals surface area (Å²) < 4.78 is 0. The highest BCUT2D eigenvalue weighted by Gasteiger charge is 2.13. The van der Waals surface area contributed by atoms with Crippen LogP contribution in [0.15, 0.2) is 48.5 Å². The Balaban J connectivity index is 2.30. The third-order valence-corrected chi connectivity index (χ3v) is 3.62. The highest BCUT2D eigenvalue weighted by molar-refractivity contribution is 5.92. The van der Waals surface area contributed by atoms with Crippen molar-refractivity contribution in [1.29, 1.82) is 0 Å². The summed E-state index contributed by atoms with van der Waals surface area (Å²) in [6, 6.07) is 16.4. The predicted molar refractivity (Wildman–Crippen MR) is 93.7 cm³/mol. The highest BCUT2D eigenvalue weighted by atomic mass is 16.2. The van der Waals surface area contributed by atoms with Gasteiger partial charge in [-0.1, -0.05) is 24.3 Å². The largest absolute Gasteiger partial charge is 0.378 e. The lowest BCUT2D eigenvalue weighted by Crippen LogP contribution is -2.36. The standard InChI is InChI=1S/C18H23N3O/c1-19(2)16-11-9-14(10-12-16)15-7-6-8-17(13-15)21(5)18(22)20(3)4/h6-13H,1-5H3. The average Bonchev–Trinajstić information content (AvgIpc) is 2.53. The fourth-order valence-corrected chi connectivity index (χ4v) is 2.26. The fourth-order valence-electron chi connectivity index (χ4n) is 2.26. The van der Waals surface area contributed by atoms with Crippen LogP contribution in [0.25, 0.3) is 11.1 Å². The SMILES string of the molecule is CN(C)C(=O)N(C)c1cccc(-c2ccc(N(C)C)cc2)c1. The summed E-state index contributed by atoms with van der Waals surface area (Å²) in [6.07, 6.45) is 0. The zero-order chi connectivity index (χ0) is 16.3. The second-order valence-electron chi connectivity index (χ2n) is 5.73. The zero-order valence-electron chi connectivity index (χ0n) is 13.9. The topological polar surface area (TPSA) is 26.8 Å². The van der Waals surface area contributed by atoms with Crippen LogP contribution in [-0.4, -0.2) is 46.2 Å². The number of anilines is 2. The van der Waals surface area contributed by atoms with Crippen molar-refractivity contribution in [3.05, 3.63) is 48.5 Å². The number of carbonyl (C=O) groups is 1. The Kier molecular flexibility index (Phi) is 4.71. The van der Waals surface area contributed by atoms with Gasteiger partial charge in [-0.05, 0) is 35.4 Å². The monoisotopic (exact) mass is 297 g/mol. The van der Waals surface area contributed by atoms with E-state index in [9.17, 15) is 4.79 Å². The smallest absolute Gasteiger partial charge is 0.323 e. The number of rotatable bonds is 3. The van der Waals surface area contributed by atoms with Crippen LogP contribution in [-0.2, 0) is 0 Å². The van der Waals surface area contributed by atoms with E-state index in [1.807, 2.05) is 32.3 Å². The minimum absolute atomic E-state index is 0.0416. The van der Waals surface area contributed by atoms with Gasteiger partial charge >= 0.3 is 6.03 Å². The number of urea groups is 1. The summed E-state index contributed by atoms with van der Waals surface area (Å²) in [5.74, 6) is 0. The molecule has 0 fully saturated rings. The van der Waals surface area contributed by atoms with Gasteiger partial charge in [0, 0.05) is 46.6 Å². The van der Waals surface area contributed by atoms with E-state index in [0.717, 1.165) is 16.8 Å². The van der Waals surface area contributed by atoms with Crippen molar-refractivity contribution < 1.29 is 4.79 Å². The van der Waals surface area contributed by atoms with Crippen molar-refractivity contribution >= 4 is 17.4 Å². The van der Waals surface area contributed by atoms with Crippen molar-refractivity contribution in [1.82, 2.24) is 4.90 Å². The van der Waals surface area contributed by atoms with Crippen molar-refractivity contribution in [3.8, 4) is 11.1 Å². The molecule has 0 bridgehead atoms. The van der Waals surface area contributed by atoms with Gasteiger partial charge < -0.3 is 9.80 Å². The molecule has 0 aromatic heterocycles. The molecule has 2 amide bonds. The summed E-state index contributed by atoms with van der Waals surface area (Å²) in [6.45, 7) is 0. The van der Waals surface area contributed by atoms with E-state index >= 15 is 0 Å². The minimum atomic E-state index is -0.0416. The molecule has 22 heavy (non-hydrogen) atoms. The van der Waals surface area contributed by atoms with Crippen LogP contribution in [0.1, 0.15) is 0 Å². The van der Waals surface area contributed by atoms with Gasteiger partial charge in [0.1, 0.15) is 0 Å². The molecule has 0 saturated heterocycles. The third kappa shape index (κ3) is 3.39. The van der Waals surface area contributed by atoms with Crippen LogP contribution >= 0.6 is 0 Å². The highest BCUT2D eigenvalue weighted by Crippen LogP contribution is 2.26. The molecule has 0 radical (unpaired) electrons. The molecule has 0 spiro atoms. The number of amides is 2. The fraction of sp³-hybridized carbons (Fsp3) is 0.278. The number of hydrogen-bond donors (Lipinski definition) is 0. The van der Waals surface area contributed by atoms with E-state index in [-0.39, 0.29) is 6.03 Å². The lowest BCUT2D eigenvalue weighted by molar-refractivity contribution is 0.225. The van der Waals surface area contributed by atoms with E-state index in [4.69, 9.17) is 0 Å². The molecule has 2 rings (SSSR count). The van der Waals surface area contributed by atoms with Gasteiger partial charge in [-0.3, -0.25) is 4.90 Å². The summed E-state index contributed by atoms with van der Waals surface area (Å²) >= 11 is 0. The molecular formula is C18H23N3O. The van der Waals surface area contributed by atoms with E-state index in [0.29, 0.717) is 0 Å². The second-order valence-corrected chi connectivity index (χ2v) is 5.73. The number of benzene rings is 2. The summed E-state index contributed by atoms with van der Waals surface area (Å²) in [5, 5.41) is 0. The van der Waals surface area contributed by atoms with Crippen LogP contribution in [0.4, 0.5) is 16.2 Å². The van der Waals surface area contributed by atoms with Gasteiger partial charge in [0.05, 0.1) is 0 Å². The van der Waals surface area contributed by atoms with Crippen molar-refractivity contribution in [2.75, 3.05) is 45.0 Å². The molecule has 4 heteroatoms. The molecule has 0 aliphatic rings. The minimum Gasteiger partial charge on any atom is -0.378 e. The lowest BCUT2D eigenvalue weighted by Gasteiger charge is -2.22. The average molecular weight is 297 g/mol.